The normalized spacial score (nSPS) is 13.0. The van der Waals surface area contributed by atoms with Crippen LogP contribution in [0.1, 0.15) is 5.56 Å². The van der Waals surface area contributed by atoms with Gasteiger partial charge in [0.05, 0.1) is 0 Å². The van der Waals surface area contributed by atoms with Crippen LogP contribution >= 0.6 is 0 Å². The molecule has 8 rings (SSSR count). The van der Waals surface area contributed by atoms with Crippen LogP contribution in [0.25, 0.3) is 0 Å². The fraction of sp³-hybridized carbons (Fsp3) is 0.0233. The van der Waals surface area contributed by atoms with Crippen LogP contribution in [0.5, 0.6) is 0 Å². The number of hydrogen-bond donors (Lipinski definition) is 0. The summed E-state index contributed by atoms with van der Waals surface area (Å²) in [6, 6.07) is 69.0. The number of fused-ring (bicyclic) bond motifs is 2. The summed E-state index contributed by atoms with van der Waals surface area (Å²) in [7, 11) is -2.81. The van der Waals surface area contributed by atoms with Gasteiger partial charge in [-0.05, 0) is 93.9 Å². The highest BCUT2D eigenvalue weighted by Crippen LogP contribution is 2.41. The third-order valence-electron chi connectivity index (χ3n) is 9.13. The Balaban J connectivity index is 1.50. The van der Waals surface area contributed by atoms with Crippen molar-refractivity contribution in [2.45, 2.75) is 6.92 Å². The maximum atomic E-state index is 2.49. The summed E-state index contributed by atoms with van der Waals surface area (Å²) in [5, 5.41) is 5.52. The molecule has 7 aromatic rings. The van der Waals surface area contributed by atoms with Gasteiger partial charge >= 0.3 is 0 Å². The van der Waals surface area contributed by atoms with Gasteiger partial charge in [0, 0.05) is 34.1 Å². The summed E-state index contributed by atoms with van der Waals surface area (Å²) in [6.45, 7) is 2.17. The molecular weight excluding hydrogens is 573 g/mol. The topological polar surface area (TPSA) is 6.48 Å². The molecule has 7 aromatic carbocycles. The van der Waals surface area contributed by atoms with Crippen molar-refractivity contribution in [1.82, 2.24) is 0 Å². The van der Waals surface area contributed by atoms with Gasteiger partial charge < -0.3 is 9.80 Å². The summed E-state index contributed by atoms with van der Waals surface area (Å²) in [6.07, 6.45) is 0. The van der Waals surface area contributed by atoms with E-state index in [0.717, 1.165) is 17.1 Å². The molecule has 3 heteroatoms. The molecule has 0 saturated heterocycles. The van der Waals surface area contributed by atoms with Crippen molar-refractivity contribution in [2.24, 2.45) is 0 Å². The highest BCUT2D eigenvalue weighted by atomic mass is 28.3. The van der Waals surface area contributed by atoms with Crippen LogP contribution in [-0.4, -0.2) is 8.07 Å². The maximum absolute atomic E-state index is 2.81. The second kappa shape index (κ2) is 11.7. The van der Waals surface area contributed by atoms with Gasteiger partial charge in [0.15, 0.2) is 8.07 Å². The molecule has 0 bridgehead atoms. The average molecular weight is 607 g/mol. The Labute approximate surface area is 272 Å². The van der Waals surface area contributed by atoms with Crippen molar-refractivity contribution in [3.8, 4) is 0 Å². The summed E-state index contributed by atoms with van der Waals surface area (Å²) >= 11 is 0. The van der Waals surface area contributed by atoms with Crippen LogP contribution in [0.2, 0.25) is 0 Å². The van der Waals surface area contributed by atoms with Gasteiger partial charge in [-0.15, -0.1) is 0 Å². The molecule has 0 atom stereocenters. The zero-order chi connectivity index (χ0) is 30.9. The van der Waals surface area contributed by atoms with Gasteiger partial charge in [-0.2, -0.15) is 0 Å². The standard InChI is InChI=1S/C43H34N2Si/c1-33-17-16-22-36(31-33)45-40-27-14-15-28-42(40)46(38-23-10-4-11-24-38,39-25-12-5-13-26-39)43-32-37(29-30-41(43)45)44(34-18-6-2-7-19-34)35-20-8-3-9-21-35/h2-32H,1H3. The van der Waals surface area contributed by atoms with Gasteiger partial charge in [0.2, 0.25) is 0 Å². The monoisotopic (exact) mass is 606 g/mol. The molecule has 220 valence electrons. The van der Waals surface area contributed by atoms with Crippen LogP contribution in [0.15, 0.2) is 188 Å². The lowest BCUT2D eigenvalue weighted by molar-refractivity contribution is 1.25. The summed E-state index contributed by atoms with van der Waals surface area (Å²) in [5.41, 5.74) is 8.30. The van der Waals surface area contributed by atoms with E-state index in [1.807, 2.05) is 0 Å². The number of hydrogen-bond acceptors (Lipinski definition) is 2. The average Bonchev–Trinajstić information content (AvgIpc) is 3.12. The Morgan fingerprint density at radius 2 is 0.935 bits per heavy atom. The van der Waals surface area contributed by atoms with Crippen molar-refractivity contribution in [3.05, 3.63) is 194 Å². The van der Waals surface area contributed by atoms with E-state index < -0.39 is 8.07 Å². The first-order chi connectivity index (χ1) is 22.7. The quantitative estimate of drug-likeness (QED) is 0.175. The highest BCUT2D eigenvalue weighted by molar-refractivity contribution is 7.21. The summed E-state index contributed by atoms with van der Waals surface area (Å²) < 4.78 is 0. The third-order valence-corrected chi connectivity index (χ3v) is 14.0. The first-order valence-corrected chi connectivity index (χ1v) is 17.9. The fourth-order valence-electron chi connectivity index (χ4n) is 7.23. The Kier molecular flexibility index (Phi) is 7.09. The van der Waals surface area contributed by atoms with Crippen molar-refractivity contribution >= 4 is 62.9 Å². The minimum Gasteiger partial charge on any atom is -0.311 e. The number of para-hydroxylation sites is 3. The van der Waals surface area contributed by atoms with Crippen molar-refractivity contribution in [2.75, 3.05) is 9.80 Å². The number of nitrogens with zero attached hydrogens (tertiary/aromatic N) is 2. The number of benzene rings is 7. The minimum absolute atomic E-state index is 1.13. The highest BCUT2D eigenvalue weighted by Gasteiger charge is 2.49. The molecule has 0 fully saturated rings. The molecule has 0 saturated carbocycles. The molecule has 0 aromatic heterocycles. The fourth-order valence-corrected chi connectivity index (χ4v) is 12.4. The molecule has 0 unspecified atom stereocenters. The minimum atomic E-state index is -2.81. The lowest BCUT2D eigenvalue weighted by Gasteiger charge is -2.45. The molecule has 1 aliphatic rings. The molecule has 0 amide bonds. The molecule has 0 aliphatic carbocycles. The van der Waals surface area contributed by atoms with E-state index in [9.17, 15) is 0 Å². The Morgan fingerprint density at radius 1 is 0.413 bits per heavy atom. The van der Waals surface area contributed by atoms with Crippen LogP contribution in [0.4, 0.5) is 34.1 Å². The zero-order valence-corrected chi connectivity index (χ0v) is 26.8. The smallest absolute Gasteiger partial charge is 0.184 e. The van der Waals surface area contributed by atoms with E-state index in [2.05, 4.69) is 205 Å². The van der Waals surface area contributed by atoms with Crippen molar-refractivity contribution in [3.63, 3.8) is 0 Å². The molecule has 0 spiro atoms. The Hall–Kier alpha value is -5.64. The van der Waals surface area contributed by atoms with Gasteiger partial charge in [-0.3, -0.25) is 0 Å². The zero-order valence-electron chi connectivity index (χ0n) is 25.8. The van der Waals surface area contributed by atoms with Crippen molar-refractivity contribution < 1.29 is 0 Å². The molecule has 0 radical (unpaired) electrons. The van der Waals surface area contributed by atoms with Gasteiger partial charge in [-0.25, -0.2) is 0 Å². The van der Waals surface area contributed by atoms with E-state index in [0.29, 0.717) is 0 Å². The molecule has 2 nitrogen and oxygen atoms in total. The molecule has 1 heterocycles. The third kappa shape index (κ3) is 4.56. The van der Waals surface area contributed by atoms with E-state index >= 15 is 0 Å². The van der Waals surface area contributed by atoms with E-state index in [1.54, 1.807) is 0 Å². The lowest BCUT2D eigenvalue weighted by atomic mass is 10.1. The summed E-state index contributed by atoms with van der Waals surface area (Å²) in [5.74, 6) is 0. The SMILES string of the molecule is Cc1cccc(N2c3ccccc3[Si](c3ccccc3)(c3ccccc3)c3cc(N(c4ccccc4)c4ccccc4)ccc32)c1. The van der Waals surface area contributed by atoms with Crippen LogP contribution in [-0.2, 0) is 0 Å². The maximum Gasteiger partial charge on any atom is 0.184 e. The van der Waals surface area contributed by atoms with Gasteiger partial charge in [0.25, 0.3) is 0 Å². The van der Waals surface area contributed by atoms with Gasteiger partial charge in [0.1, 0.15) is 0 Å². The van der Waals surface area contributed by atoms with E-state index in [4.69, 9.17) is 0 Å². The molecule has 1 aliphatic heterocycles. The molecule has 46 heavy (non-hydrogen) atoms. The van der Waals surface area contributed by atoms with Gasteiger partial charge in [-0.1, -0.05) is 127 Å². The van der Waals surface area contributed by atoms with E-state index in [-0.39, 0.29) is 0 Å². The van der Waals surface area contributed by atoms with E-state index in [1.165, 1.54) is 43.4 Å². The second-order valence-corrected chi connectivity index (χ2v) is 15.6. The number of aryl methyl sites for hydroxylation is 1. The Bertz CT molecular complexity index is 2030. The first-order valence-electron chi connectivity index (χ1n) is 15.9. The number of rotatable bonds is 6. The second-order valence-electron chi connectivity index (χ2n) is 11.9. The van der Waals surface area contributed by atoms with Crippen LogP contribution < -0.4 is 30.5 Å². The molecule has 0 N–H and O–H groups in total. The van der Waals surface area contributed by atoms with Crippen LogP contribution in [0.3, 0.4) is 0 Å². The molecular formula is C43H34N2Si. The first kappa shape index (κ1) is 27.9. The predicted molar refractivity (Wildman–Crippen MR) is 198 cm³/mol. The number of anilines is 6. The summed E-state index contributed by atoms with van der Waals surface area (Å²) in [4.78, 5) is 4.86. The largest absolute Gasteiger partial charge is 0.311 e. The van der Waals surface area contributed by atoms with Crippen molar-refractivity contribution in [1.29, 1.82) is 0 Å². The lowest BCUT2D eigenvalue weighted by Crippen LogP contribution is -2.77. The predicted octanol–water partition coefficient (Wildman–Crippen LogP) is 8.63. The van der Waals surface area contributed by atoms with Crippen LogP contribution in [0, 0.1) is 6.92 Å². The Morgan fingerprint density at radius 3 is 1.52 bits per heavy atom.